The molecule has 0 fully saturated rings. The second kappa shape index (κ2) is 13.1. The molecule has 4 heterocycles. The minimum Gasteiger partial charge on any atom is -0.456 e. The Morgan fingerprint density at radius 2 is 0.918 bits per heavy atom. The fourth-order valence-corrected chi connectivity index (χ4v) is 9.16. The van der Waals surface area contributed by atoms with Crippen molar-refractivity contribution in [3.63, 3.8) is 0 Å². The van der Waals surface area contributed by atoms with E-state index in [1.54, 1.807) is 0 Å². The lowest BCUT2D eigenvalue weighted by Gasteiger charge is -2.12. The molecule has 6 nitrogen and oxygen atoms in total. The van der Waals surface area contributed by atoms with Gasteiger partial charge in [0.05, 0.1) is 16.7 Å². The number of hydrogen-bond donors (Lipinski definition) is 0. The molecule has 0 amide bonds. The third-order valence-electron chi connectivity index (χ3n) is 12.0. The highest BCUT2D eigenvalue weighted by Crippen LogP contribution is 2.43. The molecule has 13 rings (SSSR count). The van der Waals surface area contributed by atoms with Crippen molar-refractivity contribution < 1.29 is 8.83 Å². The molecule has 0 unspecified atom stereocenters. The molecule has 0 aliphatic rings. The van der Waals surface area contributed by atoms with Gasteiger partial charge < -0.3 is 13.4 Å². The normalized spacial score (nSPS) is 11.9. The van der Waals surface area contributed by atoms with Crippen LogP contribution in [0.25, 0.3) is 127 Å². The number of hydrogen-bond acceptors (Lipinski definition) is 5. The van der Waals surface area contributed by atoms with Crippen molar-refractivity contribution in [3.05, 3.63) is 194 Å². The molecular formula is C55H32N4O2. The van der Waals surface area contributed by atoms with Crippen LogP contribution in [0.3, 0.4) is 0 Å². The molecule has 0 spiro atoms. The van der Waals surface area contributed by atoms with E-state index in [4.69, 9.17) is 23.8 Å². The number of para-hydroxylation sites is 3. The quantitative estimate of drug-likeness (QED) is 0.174. The Morgan fingerprint density at radius 3 is 1.70 bits per heavy atom. The minimum absolute atomic E-state index is 0.579. The van der Waals surface area contributed by atoms with Crippen LogP contribution in [0.4, 0.5) is 0 Å². The number of benzene rings is 9. The van der Waals surface area contributed by atoms with Gasteiger partial charge in [-0.2, -0.15) is 0 Å². The second-order valence-electron chi connectivity index (χ2n) is 15.6. The predicted molar refractivity (Wildman–Crippen MR) is 248 cm³/mol. The first kappa shape index (κ1) is 33.6. The lowest BCUT2D eigenvalue weighted by Crippen LogP contribution is -2.00. The second-order valence-corrected chi connectivity index (χ2v) is 15.6. The molecule has 0 atom stereocenters. The number of nitrogens with zero attached hydrogens (tertiary/aromatic N) is 4. The molecule has 0 N–H and O–H groups in total. The first-order valence-corrected chi connectivity index (χ1v) is 20.4. The van der Waals surface area contributed by atoms with E-state index in [1.165, 1.54) is 21.5 Å². The van der Waals surface area contributed by atoms with Crippen LogP contribution in [-0.4, -0.2) is 19.5 Å². The summed E-state index contributed by atoms with van der Waals surface area (Å²) in [6, 6.07) is 67.5. The van der Waals surface area contributed by atoms with Gasteiger partial charge in [0.15, 0.2) is 23.1 Å². The number of aromatic nitrogens is 4. The lowest BCUT2D eigenvalue weighted by molar-refractivity contribution is 0.666. The molecule has 6 heteroatoms. The summed E-state index contributed by atoms with van der Waals surface area (Å²) in [6.07, 6.45) is 0. The van der Waals surface area contributed by atoms with Gasteiger partial charge in [0, 0.05) is 49.0 Å². The molecular weight excluding hydrogens is 749 g/mol. The Kier molecular flexibility index (Phi) is 7.21. The van der Waals surface area contributed by atoms with Crippen molar-refractivity contribution in [2.75, 3.05) is 0 Å². The molecule has 0 aliphatic heterocycles. The Balaban J connectivity index is 0.962. The van der Waals surface area contributed by atoms with E-state index in [0.717, 1.165) is 88.4 Å². The molecule has 0 saturated carbocycles. The van der Waals surface area contributed by atoms with Crippen molar-refractivity contribution in [1.82, 2.24) is 19.5 Å². The Morgan fingerprint density at radius 1 is 0.344 bits per heavy atom. The summed E-state index contributed by atoms with van der Waals surface area (Å²) in [7, 11) is 0. The molecule has 13 aromatic rings. The van der Waals surface area contributed by atoms with Gasteiger partial charge >= 0.3 is 0 Å². The van der Waals surface area contributed by atoms with Gasteiger partial charge in [-0.15, -0.1) is 0 Å². The van der Waals surface area contributed by atoms with Crippen LogP contribution >= 0.6 is 0 Å². The monoisotopic (exact) mass is 780 g/mol. The summed E-state index contributed by atoms with van der Waals surface area (Å²) in [5.41, 5.74) is 11.4. The predicted octanol–water partition coefficient (Wildman–Crippen LogP) is 14.6. The average molecular weight is 781 g/mol. The molecule has 61 heavy (non-hydrogen) atoms. The van der Waals surface area contributed by atoms with Gasteiger partial charge in [0.1, 0.15) is 16.7 Å². The van der Waals surface area contributed by atoms with Crippen LogP contribution in [0.5, 0.6) is 0 Å². The van der Waals surface area contributed by atoms with Crippen LogP contribution < -0.4 is 0 Å². The number of fused-ring (bicyclic) bond motifs is 10. The molecule has 284 valence electrons. The van der Waals surface area contributed by atoms with Crippen LogP contribution in [0, 0.1) is 0 Å². The molecule has 0 saturated heterocycles. The number of rotatable bonds is 5. The van der Waals surface area contributed by atoms with Crippen molar-refractivity contribution in [1.29, 1.82) is 0 Å². The molecule has 9 aromatic carbocycles. The zero-order chi connectivity index (χ0) is 40.0. The summed E-state index contributed by atoms with van der Waals surface area (Å²) >= 11 is 0. The minimum atomic E-state index is 0.579. The maximum absolute atomic E-state index is 6.85. The van der Waals surface area contributed by atoms with Crippen LogP contribution in [-0.2, 0) is 0 Å². The fourth-order valence-electron chi connectivity index (χ4n) is 9.16. The summed E-state index contributed by atoms with van der Waals surface area (Å²) in [6.45, 7) is 0. The number of furan rings is 2. The summed E-state index contributed by atoms with van der Waals surface area (Å²) in [4.78, 5) is 15.1. The highest BCUT2D eigenvalue weighted by atomic mass is 16.3. The van der Waals surface area contributed by atoms with Crippen LogP contribution in [0.1, 0.15) is 0 Å². The van der Waals surface area contributed by atoms with E-state index in [2.05, 4.69) is 138 Å². The average Bonchev–Trinajstić information content (AvgIpc) is 4.00. The molecule has 0 radical (unpaired) electrons. The standard InChI is InChI=1S/C55H32N4O2/c1-2-12-34(13-3-1)53-56-54(58-55(57-53)38-26-27-42-41-17-7-10-20-48(41)60-50(42)32-38)35-24-22-33(23-25-35)39-28-29-46(52-51(39)43-18-8-11-21-49(43)61-52)59-45-19-9-6-16-40(45)44-30-36-14-4-5-15-37(36)31-47(44)59/h1-32H. The van der Waals surface area contributed by atoms with Gasteiger partial charge in [-0.25, -0.2) is 15.0 Å². The van der Waals surface area contributed by atoms with Crippen molar-refractivity contribution in [2.24, 2.45) is 0 Å². The SMILES string of the molecule is c1ccc(-c2nc(-c3ccc(-c4ccc(-n5c6ccccc6c6cc7ccccc7cc65)c5oc6ccccc6c45)cc3)nc(-c3ccc4c(c3)oc3ccccc34)n2)cc1. The Bertz CT molecular complexity index is 3880. The largest absolute Gasteiger partial charge is 0.456 e. The first-order valence-electron chi connectivity index (χ1n) is 20.4. The third-order valence-corrected chi connectivity index (χ3v) is 12.0. The zero-order valence-corrected chi connectivity index (χ0v) is 32.6. The summed E-state index contributed by atoms with van der Waals surface area (Å²) in [5.74, 6) is 1.78. The maximum Gasteiger partial charge on any atom is 0.164 e. The fraction of sp³-hybridized carbons (Fsp3) is 0. The smallest absolute Gasteiger partial charge is 0.164 e. The highest BCUT2D eigenvalue weighted by molar-refractivity contribution is 6.18. The van der Waals surface area contributed by atoms with Gasteiger partial charge in [0.2, 0.25) is 0 Å². The van der Waals surface area contributed by atoms with Gasteiger partial charge in [-0.05, 0) is 70.4 Å². The van der Waals surface area contributed by atoms with Crippen LogP contribution in [0.2, 0.25) is 0 Å². The topological polar surface area (TPSA) is 69.9 Å². The Hall–Kier alpha value is -8.35. The van der Waals surface area contributed by atoms with E-state index < -0.39 is 0 Å². The van der Waals surface area contributed by atoms with Crippen molar-refractivity contribution >= 4 is 76.5 Å². The van der Waals surface area contributed by atoms with Gasteiger partial charge in [0.25, 0.3) is 0 Å². The van der Waals surface area contributed by atoms with E-state index in [0.29, 0.717) is 17.5 Å². The van der Waals surface area contributed by atoms with Crippen molar-refractivity contribution in [3.8, 4) is 51.0 Å². The molecule has 0 aliphatic carbocycles. The van der Waals surface area contributed by atoms with E-state index >= 15 is 0 Å². The highest BCUT2D eigenvalue weighted by Gasteiger charge is 2.22. The van der Waals surface area contributed by atoms with E-state index in [9.17, 15) is 0 Å². The summed E-state index contributed by atoms with van der Waals surface area (Å²) < 4.78 is 15.5. The molecule has 0 bridgehead atoms. The van der Waals surface area contributed by atoms with Crippen LogP contribution in [0.15, 0.2) is 203 Å². The van der Waals surface area contributed by atoms with Gasteiger partial charge in [-0.3, -0.25) is 0 Å². The lowest BCUT2D eigenvalue weighted by atomic mass is 9.97. The van der Waals surface area contributed by atoms with E-state index in [-0.39, 0.29) is 0 Å². The van der Waals surface area contributed by atoms with E-state index in [1.807, 2.05) is 60.7 Å². The van der Waals surface area contributed by atoms with Crippen molar-refractivity contribution in [2.45, 2.75) is 0 Å². The van der Waals surface area contributed by atoms with Gasteiger partial charge in [-0.1, -0.05) is 146 Å². The first-order chi connectivity index (χ1) is 30.2. The summed E-state index contributed by atoms with van der Waals surface area (Å²) in [5, 5.41) is 9.13. The third kappa shape index (κ3) is 5.26. The molecule has 4 aromatic heterocycles. The zero-order valence-electron chi connectivity index (χ0n) is 32.6. The maximum atomic E-state index is 6.85. The Labute approximate surface area is 348 Å².